The Morgan fingerprint density at radius 2 is 1.15 bits per heavy atom. The van der Waals surface area contributed by atoms with Crippen LogP contribution >= 0.6 is 0 Å². The Bertz CT molecular complexity index is 815. The summed E-state index contributed by atoms with van der Waals surface area (Å²) in [6, 6.07) is 18.2. The average molecular weight is 368 g/mol. The van der Waals surface area contributed by atoms with Gasteiger partial charge in [-0.15, -0.1) is 0 Å². The molecule has 2 N–H and O–H groups in total. The highest BCUT2D eigenvalue weighted by Gasteiger charge is 2.21. The van der Waals surface area contributed by atoms with Crippen LogP contribution in [-0.4, -0.2) is 47.5 Å². The van der Waals surface area contributed by atoms with Crippen LogP contribution in [0.15, 0.2) is 54.6 Å². The van der Waals surface area contributed by atoms with E-state index in [2.05, 4.69) is 22.1 Å². The van der Waals surface area contributed by atoms with Gasteiger partial charge in [-0.25, -0.2) is 0 Å². The first-order valence-electron chi connectivity index (χ1n) is 9.09. The summed E-state index contributed by atoms with van der Waals surface area (Å²) >= 11 is 0. The van der Waals surface area contributed by atoms with Crippen molar-refractivity contribution in [2.45, 2.75) is 19.0 Å². The van der Waals surface area contributed by atoms with Crippen molar-refractivity contribution in [1.29, 1.82) is 0 Å². The number of H-pyrrole nitrogens is 2. The standard InChI is InChI=1S/C21H28N4O2/c1-24(2,26)14-17-10-12-19(22-17)21(16-8-6-5-7-9-16)20-13-11-18(23-20)15-25(3,4)27/h5-13,21-23H,14-15H2,1-4H3. The molecule has 2 aromatic heterocycles. The minimum Gasteiger partial charge on any atom is -0.633 e. The van der Waals surface area contributed by atoms with Gasteiger partial charge in [0.1, 0.15) is 13.1 Å². The van der Waals surface area contributed by atoms with Gasteiger partial charge in [-0.2, -0.15) is 0 Å². The zero-order valence-electron chi connectivity index (χ0n) is 16.4. The van der Waals surface area contributed by atoms with Gasteiger partial charge in [0.2, 0.25) is 0 Å². The number of hydroxylamine groups is 6. The third kappa shape index (κ3) is 5.30. The molecule has 6 nitrogen and oxygen atoms in total. The summed E-state index contributed by atoms with van der Waals surface area (Å²) in [5.74, 6) is -0.0155. The summed E-state index contributed by atoms with van der Waals surface area (Å²) in [6.45, 7) is 0.776. The van der Waals surface area contributed by atoms with Gasteiger partial charge in [0.15, 0.2) is 0 Å². The van der Waals surface area contributed by atoms with Gasteiger partial charge >= 0.3 is 0 Å². The second-order valence-corrected chi connectivity index (χ2v) is 8.19. The predicted molar refractivity (Wildman–Crippen MR) is 107 cm³/mol. The quantitative estimate of drug-likeness (QED) is 0.493. The van der Waals surface area contributed by atoms with Gasteiger partial charge in [0.05, 0.1) is 45.5 Å². The van der Waals surface area contributed by atoms with Crippen molar-refractivity contribution in [3.05, 3.63) is 93.4 Å². The smallest absolute Gasteiger partial charge is 0.119 e. The molecule has 0 atom stereocenters. The third-order valence-electron chi connectivity index (χ3n) is 4.40. The number of hydrogen-bond acceptors (Lipinski definition) is 2. The van der Waals surface area contributed by atoms with Crippen molar-refractivity contribution in [3.8, 4) is 0 Å². The number of hydrogen-bond donors (Lipinski definition) is 2. The molecule has 0 saturated heterocycles. The number of nitrogens with zero attached hydrogens (tertiary/aromatic N) is 2. The number of aromatic nitrogens is 2. The van der Waals surface area contributed by atoms with Crippen molar-refractivity contribution < 1.29 is 9.29 Å². The number of benzene rings is 1. The Morgan fingerprint density at radius 3 is 1.56 bits per heavy atom. The lowest BCUT2D eigenvalue weighted by Gasteiger charge is -2.33. The van der Waals surface area contributed by atoms with E-state index in [4.69, 9.17) is 0 Å². The summed E-state index contributed by atoms with van der Waals surface area (Å²) in [5, 5.41) is 24.0. The van der Waals surface area contributed by atoms with E-state index < -0.39 is 0 Å². The zero-order valence-corrected chi connectivity index (χ0v) is 16.4. The summed E-state index contributed by atoms with van der Waals surface area (Å²) in [4.78, 5) is 6.85. The molecule has 0 amide bonds. The molecule has 0 aliphatic rings. The van der Waals surface area contributed by atoms with Crippen LogP contribution in [0, 0.1) is 10.4 Å². The predicted octanol–water partition coefficient (Wildman–Crippen LogP) is 3.67. The first kappa shape index (κ1) is 19.4. The van der Waals surface area contributed by atoms with Gasteiger partial charge in [0.25, 0.3) is 0 Å². The Kier molecular flexibility index (Phi) is 5.26. The van der Waals surface area contributed by atoms with E-state index in [1.54, 1.807) is 28.2 Å². The Hall–Kier alpha value is -2.38. The highest BCUT2D eigenvalue weighted by atomic mass is 16.5. The summed E-state index contributed by atoms with van der Waals surface area (Å²) in [6.07, 6.45) is 0. The van der Waals surface area contributed by atoms with Crippen LogP contribution < -0.4 is 0 Å². The topological polar surface area (TPSA) is 77.7 Å². The van der Waals surface area contributed by atoms with E-state index in [1.807, 2.05) is 42.5 Å². The van der Waals surface area contributed by atoms with E-state index >= 15 is 0 Å². The SMILES string of the molecule is C[N+](C)([O-])Cc1ccc(C(c2ccccc2)c2ccc(C[N+](C)(C)[O-])[nH]2)[nH]1. The molecule has 3 rings (SSSR count). The normalized spacial score (nSPS) is 12.7. The zero-order chi connectivity index (χ0) is 19.7. The van der Waals surface area contributed by atoms with Gasteiger partial charge < -0.3 is 29.7 Å². The second kappa shape index (κ2) is 7.32. The first-order valence-corrected chi connectivity index (χ1v) is 9.09. The Morgan fingerprint density at radius 1 is 0.704 bits per heavy atom. The van der Waals surface area contributed by atoms with Crippen LogP contribution in [0.4, 0.5) is 0 Å². The Balaban J connectivity index is 1.96. The fourth-order valence-electron chi connectivity index (χ4n) is 3.43. The fraction of sp³-hybridized carbons (Fsp3) is 0.333. The molecule has 0 radical (unpaired) electrons. The average Bonchev–Trinajstić information content (AvgIpc) is 3.16. The number of rotatable bonds is 7. The van der Waals surface area contributed by atoms with Crippen LogP contribution in [0.2, 0.25) is 0 Å². The highest BCUT2D eigenvalue weighted by molar-refractivity contribution is 5.39. The molecule has 6 heteroatoms. The molecule has 0 aliphatic carbocycles. The number of nitrogens with one attached hydrogen (secondary N) is 2. The molecule has 2 heterocycles. The van der Waals surface area contributed by atoms with Crippen LogP contribution in [0.3, 0.4) is 0 Å². The van der Waals surface area contributed by atoms with Gasteiger partial charge in [0, 0.05) is 11.4 Å². The molecule has 0 saturated carbocycles. The van der Waals surface area contributed by atoms with Crippen molar-refractivity contribution in [1.82, 2.24) is 9.97 Å². The van der Waals surface area contributed by atoms with E-state index in [0.29, 0.717) is 13.1 Å². The fourth-order valence-corrected chi connectivity index (χ4v) is 3.43. The maximum absolute atomic E-state index is 12.0. The maximum Gasteiger partial charge on any atom is 0.119 e. The molecular weight excluding hydrogens is 340 g/mol. The second-order valence-electron chi connectivity index (χ2n) is 8.19. The lowest BCUT2D eigenvalue weighted by Crippen LogP contribution is -2.31. The molecule has 0 fully saturated rings. The maximum atomic E-state index is 12.0. The lowest BCUT2D eigenvalue weighted by molar-refractivity contribution is -0.854. The molecule has 0 unspecified atom stereocenters. The van der Waals surface area contributed by atoms with Gasteiger partial charge in [-0.1, -0.05) is 30.3 Å². The van der Waals surface area contributed by atoms with Crippen molar-refractivity contribution >= 4 is 0 Å². The number of aromatic amines is 2. The monoisotopic (exact) mass is 368 g/mol. The molecule has 0 bridgehead atoms. The van der Waals surface area contributed by atoms with Crippen LogP contribution in [0.5, 0.6) is 0 Å². The van der Waals surface area contributed by atoms with Crippen LogP contribution in [-0.2, 0) is 13.1 Å². The molecule has 1 aromatic carbocycles. The lowest BCUT2D eigenvalue weighted by atomic mass is 9.93. The van der Waals surface area contributed by atoms with E-state index in [1.165, 1.54) is 0 Å². The summed E-state index contributed by atoms with van der Waals surface area (Å²) < 4.78 is -0.752. The van der Waals surface area contributed by atoms with Crippen molar-refractivity contribution in [2.75, 3.05) is 28.2 Å². The molecular formula is C21H28N4O2. The third-order valence-corrected chi connectivity index (χ3v) is 4.40. The van der Waals surface area contributed by atoms with Crippen LogP contribution in [0.1, 0.15) is 34.3 Å². The van der Waals surface area contributed by atoms with E-state index in [-0.39, 0.29) is 15.2 Å². The van der Waals surface area contributed by atoms with Gasteiger partial charge in [-0.3, -0.25) is 0 Å². The molecule has 3 aromatic rings. The van der Waals surface area contributed by atoms with E-state index in [9.17, 15) is 10.4 Å². The molecule has 0 aliphatic heterocycles. The van der Waals surface area contributed by atoms with E-state index in [0.717, 1.165) is 28.3 Å². The summed E-state index contributed by atoms with van der Waals surface area (Å²) in [5.41, 5.74) is 5.01. The highest BCUT2D eigenvalue weighted by Crippen LogP contribution is 2.31. The molecule has 0 spiro atoms. The van der Waals surface area contributed by atoms with Gasteiger partial charge in [-0.05, 0) is 29.8 Å². The van der Waals surface area contributed by atoms with Crippen molar-refractivity contribution in [3.63, 3.8) is 0 Å². The minimum absolute atomic E-state index is 0.0155. The summed E-state index contributed by atoms with van der Waals surface area (Å²) in [7, 11) is 6.54. The minimum atomic E-state index is -0.376. The molecule has 144 valence electrons. The largest absolute Gasteiger partial charge is 0.633 e. The molecule has 27 heavy (non-hydrogen) atoms. The van der Waals surface area contributed by atoms with Crippen LogP contribution in [0.25, 0.3) is 0 Å². The van der Waals surface area contributed by atoms with Crippen molar-refractivity contribution in [2.24, 2.45) is 0 Å². The number of quaternary nitrogens is 2. The Labute approximate surface area is 160 Å². The first-order chi connectivity index (χ1) is 12.6.